The van der Waals surface area contributed by atoms with E-state index in [4.69, 9.17) is 9.52 Å². The molecule has 16 heavy (non-hydrogen) atoms. The van der Waals surface area contributed by atoms with Gasteiger partial charge in [0.2, 0.25) is 5.43 Å². The SMILES string of the molecule is O=c1cc(CN2CCC[C@H](O)C2)occ1O. The minimum atomic E-state index is -0.432. The van der Waals surface area contributed by atoms with Crippen molar-refractivity contribution in [1.82, 2.24) is 4.90 Å². The molecule has 0 saturated carbocycles. The predicted molar refractivity (Wildman–Crippen MR) is 57.2 cm³/mol. The molecule has 0 spiro atoms. The maximum absolute atomic E-state index is 11.2. The molecule has 1 aliphatic heterocycles. The monoisotopic (exact) mass is 225 g/mol. The zero-order valence-corrected chi connectivity index (χ0v) is 8.93. The van der Waals surface area contributed by atoms with E-state index in [2.05, 4.69) is 0 Å². The lowest BCUT2D eigenvalue weighted by atomic mass is 10.1. The Balaban J connectivity index is 2.03. The molecule has 2 heterocycles. The van der Waals surface area contributed by atoms with Crippen molar-refractivity contribution < 1.29 is 14.6 Å². The van der Waals surface area contributed by atoms with Crippen LogP contribution in [0.4, 0.5) is 0 Å². The van der Waals surface area contributed by atoms with Gasteiger partial charge in [-0.2, -0.15) is 0 Å². The van der Waals surface area contributed by atoms with Crippen molar-refractivity contribution in [2.75, 3.05) is 13.1 Å². The summed E-state index contributed by atoms with van der Waals surface area (Å²) in [4.78, 5) is 13.2. The summed E-state index contributed by atoms with van der Waals surface area (Å²) in [5.41, 5.74) is -0.432. The van der Waals surface area contributed by atoms with Gasteiger partial charge in [-0.05, 0) is 19.4 Å². The van der Waals surface area contributed by atoms with E-state index in [1.165, 1.54) is 6.07 Å². The van der Waals surface area contributed by atoms with Crippen molar-refractivity contribution in [3.8, 4) is 5.75 Å². The second-order valence-electron chi connectivity index (χ2n) is 4.13. The van der Waals surface area contributed by atoms with E-state index in [0.29, 0.717) is 18.8 Å². The van der Waals surface area contributed by atoms with E-state index in [1.54, 1.807) is 0 Å². The zero-order chi connectivity index (χ0) is 11.5. The van der Waals surface area contributed by atoms with E-state index in [-0.39, 0.29) is 11.9 Å². The number of rotatable bonds is 2. The van der Waals surface area contributed by atoms with Crippen molar-refractivity contribution in [3.05, 3.63) is 28.3 Å². The van der Waals surface area contributed by atoms with E-state index in [0.717, 1.165) is 25.6 Å². The molecule has 1 aromatic heterocycles. The summed E-state index contributed by atoms with van der Waals surface area (Å²) in [5, 5.41) is 18.5. The molecule has 5 heteroatoms. The van der Waals surface area contributed by atoms with Gasteiger partial charge in [-0.1, -0.05) is 0 Å². The summed E-state index contributed by atoms with van der Waals surface area (Å²) < 4.78 is 5.10. The quantitative estimate of drug-likeness (QED) is 0.757. The van der Waals surface area contributed by atoms with Gasteiger partial charge in [0.05, 0.1) is 12.6 Å². The van der Waals surface area contributed by atoms with Crippen molar-refractivity contribution in [3.63, 3.8) is 0 Å². The Kier molecular flexibility index (Phi) is 3.26. The minimum absolute atomic E-state index is 0.294. The standard InChI is InChI=1S/C11H15NO4/c13-8-2-1-3-12(5-8)6-9-4-10(14)11(15)7-16-9/h4,7-8,13,15H,1-3,5-6H2/t8-/m0/s1. The number of nitrogens with zero attached hydrogens (tertiary/aromatic N) is 1. The highest BCUT2D eigenvalue weighted by atomic mass is 16.4. The summed E-state index contributed by atoms with van der Waals surface area (Å²) in [6, 6.07) is 1.29. The Morgan fingerprint density at radius 2 is 2.38 bits per heavy atom. The molecule has 2 N–H and O–H groups in total. The van der Waals surface area contributed by atoms with E-state index < -0.39 is 5.43 Å². The second kappa shape index (κ2) is 4.67. The number of likely N-dealkylation sites (tertiary alicyclic amines) is 1. The lowest BCUT2D eigenvalue weighted by molar-refractivity contribution is 0.0629. The van der Waals surface area contributed by atoms with Gasteiger partial charge in [0, 0.05) is 12.6 Å². The number of piperidine rings is 1. The molecule has 88 valence electrons. The number of hydrogen-bond acceptors (Lipinski definition) is 5. The van der Waals surface area contributed by atoms with Crippen LogP contribution in [0.25, 0.3) is 0 Å². The average Bonchev–Trinajstić information content (AvgIpc) is 2.24. The Labute approximate surface area is 92.9 Å². The second-order valence-corrected chi connectivity index (χ2v) is 4.13. The smallest absolute Gasteiger partial charge is 0.226 e. The molecule has 5 nitrogen and oxygen atoms in total. The van der Waals surface area contributed by atoms with Crippen LogP contribution in [0.2, 0.25) is 0 Å². The maximum Gasteiger partial charge on any atom is 0.226 e. The van der Waals surface area contributed by atoms with E-state index >= 15 is 0 Å². The number of hydrogen-bond donors (Lipinski definition) is 2. The van der Waals surface area contributed by atoms with Gasteiger partial charge in [-0.15, -0.1) is 0 Å². The van der Waals surface area contributed by atoms with Crippen molar-refractivity contribution >= 4 is 0 Å². The van der Waals surface area contributed by atoms with Crippen LogP contribution in [0.5, 0.6) is 5.75 Å². The van der Waals surface area contributed by atoms with Crippen LogP contribution in [0.15, 0.2) is 21.5 Å². The van der Waals surface area contributed by atoms with Gasteiger partial charge in [0.1, 0.15) is 12.0 Å². The van der Waals surface area contributed by atoms with Crippen molar-refractivity contribution in [1.29, 1.82) is 0 Å². The third kappa shape index (κ3) is 2.62. The molecule has 1 fully saturated rings. The van der Waals surface area contributed by atoms with Crippen LogP contribution < -0.4 is 5.43 Å². The van der Waals surface area contributed by atoms with Gasteiger partial charge in [0.15, 0.2) is 5.75 Å². The fourth-order valence-corrected chi connectivity index (χ4v) is 1.92. The molecule has 1 aliphatic rings. The zero-order valence-electron chi connectivity index (χ0n) is 8.93. The summed E-state index contributed by atoms with van der Waals surface area (Å²) in [5.74, 6) is 0.138. The molecule has 2 rings (SSSR count). The van der Waals surface area contributed by atoms with Crippen LogP contribution >= 0.6 is 0 Å². The minimum Gasteiger partial charge on any atom is -0.502 e. The fourth-order valence-electron chi connectivity index (χ4n) is 1.92. The van der Waals surface area contributed by atoms with Crippen molar-refractivity contribution in [2.24, 2.45) is 0 Å². The largest absolute Gasteiger partial charge is 0.502 e. The summed E-state index contributed by atoms with van der Waals surface area (Å²) in [7, 11) is 0. The first-order chi connectivity index (χ1) is 7.65. The normalized spacial score (nSPS) is 22.2. The van der Waals surface area contributed by atoms with Crippen LogP contribution in [0, 0.1) is 0 Å². The Hall–Kier alpha value is -1.33. The molecule has 0 radical (unpaired) electrons. The first kappa shape index (κ1) is 11.2. The molecule has 0 amide bonds. The van der Waals surface area contributed by atoms with Crippen molar-refractivity contribution in [2.45, 2.75) is 25.5 Å². The number of β-amino-alcohol motifs (C(OH)–C–C–N with tert-alkyl or cyclic N) is 1. The molecule has 0 unspecified atom stereocenters. The highest BCUT2D eigenvalue weighted by Crippen LogP contribution is 2.13. The molecular formula is C11H15NO4. The molecule has 1 saturated heterocycles. The van der Waals surface area contributed by atoms with Gasteiger partial charge in [0.25, 0.3) is 0 Å². The summed E-state index contributed by atoms with van der Waals surface area (Å²) in [6.45, 7) is 1.98. The van der Waals surface area contributed by atoms with Crippen LogP contribution in [0.1, 0.15) is 18.6 Å². The van der Waals surface area contributed by atoms with Crippen LogP contribution in [-0.2, 0) is 6.54 Å². The third-order valence-electron chi connectivity index (χ3n) is 2.73. The number of aliphatic hydroxyl groups excluding tert-OH is 1. The molecule has 1 atom stereocenters. The highest BCUT2D eigenvalue weighted by Gasteiger charge is 2.18. The molecule has 0 aromatic carbocycles. The number of aliphatic hydroxyl groups is 1. The topological polar surface area (TPSA) is 73.9 Å². The van der Waals surface area contributed by atoms with E-state index in [9.17, 15) is 9.90 Å². The summed E-state index contributed by atoms with van der Waals surface area (Å²) in [6.07, 6.45) is 2.54. The molecular weight excluding hydrogens is 210 g/mol. The van der Waals surface area contributed by atoms with E-state index in [1.807, 2.05) is 4.90 Å². The molecule has 0 bridgehead atoms. The third-order valence-corrected chi connectivity index (χ3v) is 2.73. The number of aromatic hydroxyl groups is 1. The Morgan fingerprint density at radius 1 is 1.56 bits per heavy atom. The average molecular weight is 225 g/mol. The van der Waals surface area contributed by atoms with Crippen LogP contribution in [-0.4, -0.2) is 34.3 Å². The molecule has 0 aliphatic carbocycles. The first-order valence-corrected chi connectivity index (χ1v) is 5.36. The van der Waals surface area contributed by atoms with Crippen LogP contribution in [0.3, 0.4) is 0 Å². The predicted octanol–water partition coefficient (Wildman–Crippen LogP) is 0.302. The Morgan fingerprint density at radius 3 is 3.06 bits per heavy atom. The maximum atomic E-state index is 11.2. The van der Waals surface area contributed by atoms with Gasteiger partial charge < -0.3 is 14.6 Å². The Bertz CT molecular complexity index is 415. The lowest BCUT2D eigenvalue weighted by Crippen LogP contribution is -2.37. The molecule has 1 aromatic rings. The highest BCUT2D eigenvalue weighted by molar-refractivity contribution is 5.15. The van der Waals surface area contributed by atoms with Gasteiger partial charge in [-0.3, -0.25) is 9.69 Å². The first-order valence-electron chi connectivity index (χ1n) is 5.36. The lowest BCUT2D eigenvalue weighted by Gasteiger charge is -2.29. The summed E-state index contributed by atoms with van der Waals surface area (Å²) >= 11 is 0. The van der Waals surface area contributed by atoms with Gasteiger partial charge >= 0.3 is 0 Å². The van der Waals surface area contributed by atoms with Gasteiger partial charge in [-0.25, -0.2) is 0 Å². The fraction of sp³-hybridized carbons (Fsp3) is 0.545.